The molecule has 1 heterocycles. The lowest BCUT2D eigenvalue weighted by atomic mass is 10.0. The first kappa shape index (κ1) is 23.4. The maximum absolute atomic E-state index is 13.2. The van der Waals surface area contributed by atoms with Crippen molar-refractivity contribution in [1.29, 1.82) is 0 Å². The van der Waals surface area contributed by atoms with Gasteiger partial charge in [-0.25, -0.2) is 12.8 Å². The fourth-order valence-corrected chi connectivity index (χ4v) is 5.82. The minimum atomic E-state index is -3.74. The molecule has 0 saturated carbocycles. The number of nitrogens with one attached hydrogen (secondary N) is 1. The summed E-state index contributed by atoms with van der Waals surface area (Å²) in [6, 6.07) is 20.6. The summed E-state index contributed by atoms with van der Waals surface area (Å²) in [5.41, 5.74) is 1.28. The van der Waals surface area contributed by atoms with Crippen molar-refractivity contribution in [1.82, 2.24) is 9.21 Å². The zero-order valence-corrected chi connectivity index (χ0v) is 19.3. The molecule has 172 valence electrons. The molecule has 1 aliphatic heterocycles. The number of anilines is 1. The van der Waals surface area contributed by atoms with Gasteiger partial charge in [-0.3, -0.25) is 9.69 Å². The summed E-state index contributed by atoms with van der Waals surface area (Å²) in [6.45, 7) is 1.17. The van der Waals surface area contributed by atoms with Gasteiger partial charge in [-0.2, -0.15) is 4.31 Å². The molecular formula is C24H23ClFN3O3S. The van der Waals surface area contributed by atoms with Crippen molar-refractivity contribution in [2.75, 3.05) is 31.5 Å². The van der Waals surface area contributed by atoms with Gasteiger partial charge in [-0.1, -0.05) is 54.1 Å². The van der Waals surface area contributed by atoms with E-state index in [4.69, 9.17) is 11.6 Å². The number of piperazine rings is 1. The summed E-state index contributed by atoms with van der Waals surface area (Å²) in [5.74, 6) is -0.654. The van der Waals surface area contributed by atoms with E-state index in [2.05, 4.69) is 5.32 Å². The summed E-state index contributed by atoms with van der Waals surface area (Å²) >= 11 is 6.12. The van der Waals surface area contributed by atoms with E-state index in [-0.39, 0.29) is 34.7 Å². The Hall–Kier alpha value is -2.78. The number of carbonyl (C=O) groups excluding carboxylic acids is 1. The second kappa shape index (κ2) is 10.0. The van der Waals surface area contributed by atoms with Crippen molar-refractivity contribution in [2.45, 2.75) is 10.9 Å². The van der Waals surface area contributed by atoms with E-state index in [0.717, 1.165) is 5.56 Å². The highest BCUT2D eigenvalue weighted by molar-refractivity contribution is 7.89. The molecule has 0 bridgehead atoms. The summed E-state index contributed by atoms with van der Waals surface area (Å²) in [7, 11) is -3.74. The van der Waals surface area contributed by atoms with Crippen LogP contribution in [0.15, 0.2) is 83.8 Å². The van der Waals surface area contributed by atoms with E-state index in [1.54, 1.807) is 18.2 Å². The lowest BCUT2D eigenvalue weighted by molar-refractivity contribution is -0.122. The number of sulfonamides is 1. The number of halogens is 2. The van der Waals surface area contributed by atoms with Gasteiger partial charge >= 0.3 is 0 Å². The van der Waals surface area contributed by atoms with Crippen molar-refractivity contribution >= 4 is 33.2 Å². The lowest BCUT2D eigenvalue weighted by Crippen LogP contribution is -2.51. The quantitative estimate of drug-likeness (QED) is 0.566. The molecule has 4 rings (SSSR count). The zero-order chi connectivity index (χ0) is 23.4. The van der Waals surface area contributed by atoms with Crippen LogP contribution in [0.3, 0.4) is 0 Å². The molecule has 0 aliphatic carbocycles. The van der Waals surface area contributed by atoms with Crippen LogP contribution in [0, 0.1) is 5.82 Å². The van der Waals surface area contributed by atoms with Crippen molar-refractivity contribution in [3.8, 4) is 0 Å². The van der Waals surface area contributed by atoms with Gasteiger partial charge in [0.05, 0.1) is 5.02 Å². The van der Waals surface area contributed by atoms with Crippen LogP contribution in [-0.2, 0) is 14.8 Å². The maximum atomic E-state index is 13.2. The molecule has 1 atom stereocenters. The number of nitrogens with zero attached hydrogens (tertiary/aromatic N) is 2. The van der Waals surface area contributed by atoms with E-state index in [1.807, 2.05) is 35.2 Å². The molecule has 33 heavy (non-hydrogen) atoms. The fraction of sp³-hybridized carbons (Fsp3) is 0.208. The van der Waals surface area contributed by atoms with Crippen LogP contribution in [0.25, 0.3) is 0 Å². The predicted molar refractivity (Wildman–Crippen MR) is 126 cm³/mol. The summed E-state index contributed by atoms with van der Waals surface area (Å²) in [6.07, 6.45) is 0. The monoisotopic (exact) mass is 487 g/mol. The van der Waals surface area contributed by atoms with Gasteiger partial charge in [-0.05, 0) is 42.0 Å². The molecule has 0 radical (unpaired) electrons. The molecule has 9 heteroatoms. The maximum Gasteiger partial charge on any atom is 0.246 e. The fourth-order valence-electron chi connectivity index (χ4n) is 3.90. The van der Waals surface area contributed by atoms with E-state index in [0.29, 0.717) is 18.8 Å². The summed E-state index contributed by atoms with van der Waals surface area (Å²) in [4.78, 5) is 15.3. The molecule has 1 fully saturated rings. The number of benzene rings is 3. The van der Waals surface area contributed by atoms with E-state index in [9.17, 15) is 17.6 Å². The molecular weight excluding hydrogens is 465 g/mol. The van der Waals surface area contributed by atoms with Gasteiger partial charge < -0.3 is 5.32 Å². The van der Waals surface area contributed by atoms with Crippen molar-refractivity contribution < 1.29 is 17.6 Å². The number of hydrogen-bond acceptors (Lipinski definition) is 4. The Labute approximate surface area is 197 Å². The Balaban J connectivity index is 1.53. The van der Waals surface area contributed by atoms with Gasteiger partial charge in [0.1, 0.15) is 16.8 Å². The van der Waals surface area contributed by atoms with Gasteiger partial charge in [0.2, 0.25) is 15.9 Å². The van der Waals surface area contributed by atoms with Crippen LogP contribution in [0.4, 0.5) is 10.1 Å². The third kappa shape index (κ3) is 5.25. The third-order valence-corrected chi connectivity index (χ3v) is 7.97. The third-order valence-electron chi connectivity index (χ3n) is 5.57. The lowest BCUT2D eigenvalue weighted by Gasteiger charge is -2.38. The molecule has 0 spiro atoms. The smallest absolute Gasteiger partial charge is 0.246 e. The highest BCUT2D eigenvalue weighted by Crippen LogP contribution is 2.28. The highest BCUT2D eigenvalue weighted by Gasteiger charge is 2.35. The minimum absolute atomic E-state index is 0.0776. The molecule has 3 aromatic rings. The van der Waals surface area contributed by atoms with Gasteiger partial charge in [0.15, 0.2) is 0 Å². The topological polar surface area (TPSA) is 69.7 Å². The molecule has 1 unspecified atom stereocenters. The van der Waals surface area contributed by atoms with E-state index in [1.165, 1.54) is 34.6 Å². The molecule has 1 N–H and O–H groups in total. The second-order valence-electron chi connectivity index (χ2n) is 7.68. The molecule has 3 aromatic carbocycles. The first-order chi connectivity index (χ1) is 15.9. The highest BCUT2D eigenvalue weighted by atomic mass is 35.5. The first-order valence-electron chi connectivity index (χ1n) is 10.5. The zero-order valence-electron chi connectivity index (χ0n) is 17.7. The normalized spacial score (nSPS) is 16.3. The second-order valence-corrected chi connectivity index (χ2v) is 9.99. The van der Waals surface area contributed by atoms with Gasteiger partial charge in [0.25, 0.3) is 0 Å². The van der Waals surface area contributed by atoms with Crippen molar-refractivity contribution in [2.24, 2.45) is 0 Å². The first-order valence-corrected chi connectivity index (χ1v) is 12.3. The summed E-state index contributed by atoms with van der Waals surface area (Å²) in [5, 5.41) is 3.02. The Bertz CT molecular complexity index is 1220. The standard InChI is InChI=1S/C24H23ClFN3O3S/c25-21-8-4-5-9-22(21)33(31,32)29-16-14-28(15-17-29)23(18-6-2-1-3-7-18)24(30)27-20-12-10-19(26)11-13-20/h1-13,23H,14-17H2,(H,27,30). The number of rotatable bonds is 6. The van der Waals surface area contributed by atoms with E-state index < -0.39 is 16.1 Å². The van der Waals surface area contributed by atoms with Crippen molar-refractivity contribution in [3.05, 3.63) is 95.3 Å². The average molecular weight is 488 g/mol. The summed E-state index contributed by atoms with van der Waals surface area (Å²) < 4.78 is 40.8. The van der Waals surface area contributed by atoms with Crippen LogP contribution in [0.1, 0.15) is 11.6 Å². The van der Waals surface area contributed by atoms with E-state index >= 15 is 0 Å². The van der Waals surface area contributed by atoms with Crippen LogP contribution in [-0.4, -0.2) is 49.7 Å². The minimum Gasteiger partial charge on any atom is -0.324 e. The van der Waals surface area contributed by atoms with Crippen LogP contribution >= 0.6 is 11.6 Å². The SMILES string of the molecule is O=C(Nc1ccc(F)cc1)C(c1ccccc1)N1CCN(S(=O)(=O)c2ccccc2Cl)CC1. The molecule has 1 aliphatic rings. The largest absolute Gasteiger partial charge is 0.324 e. The molecule has 1 saturated heterocycles. The van der Waals surface area contributed by atoms with Gasteiger partial charge in [0, 0.05) is 31.9 Å². The Morgan fingerprint density at radius 2 is 1.48 bits per heavy atom. The molecule has 0 aromatic heterocycles. The molecule has 1 amide bonds. The predicted octanol–water partition coefficient (Wildman–Crippen LogP) is 4.17. The van der Waals surface area contributed by atoms with Crippen LogP contribution < -0.4 is 5.32 Å². The Morgan fingerprint density at radius 1 is 0.879 bits per heavy atom. The number of carbonyl (C=O) groups is 1. The van der Waals surface area contributed by atoms with Gasteiger partial charge in [-0.15, -0.1) is 0 Å². The average Bonchev–Trinajstić information content (AvgIpc) is 2.82. The number of hydrogen-bond donors (Lipinski definition) is 1. The van der Waals surface area contributed by atoms with Crippen LogP contribution in [0.2, 0.25) is 5.02 Å². The van der Waals surface area contributed by atoms with Crippen LogP contribution in [0.5, 0.6) is 0 Å². The Morgan fingerprint density at radius 3 is 2.12 bits per heavy atom. The molecule has 6 nitrogen and oxygen atoms in total. The van der Waals surface area contributed by atoms with Crippen molar-refractivity contribution in [3.63, 3.8) is 0 Å². The number of amides is 1. The Kier molecular flexibility index (Phi) is 7.09.